The van der Waals surface area contributed by atoms with Crippen LogP contribution in [0.2, 0.25) is 0 Å². The maximum atomic E-state index is 13.6. The summed E-state index contributed by atoms with van der Waals surface area (Å²) in [5.74, 6) is 0.528. The van der Waals surface area contributed by atoms with Crippen molar-refractivity contribution in [1.29, 1.82) is 0 Å². The lowest BCUT2D eigenvalue weighted by Gasteiger charge is -2.35. The molecule has 4 rings (SSSR count). The van der Waals surface area contributed by atoms with Gasteiger partial charge in [0.05, 0.1) is 11.9 Å². The molecule has 0 atom stereocenters. The van der Waals surface area contributed by atoms with Crippen molar-refractivity contribution in [3.05, 3.63) is 48.0 Å². The zero-order valence-corrected chi connectivity index (χ0v) is 16.2. The van der Waals surface area contributed by atoms with Gasteiger partial charge in [0, 0.05) is 45.3 Å². The largest absolute Gasteiger partial charge is 0.355 e. The van der Waals surface area contributed by atoms with Crippen molar-refractivity contribution in [2.24, 2.45) is 12.0 Å². The molecule has 7 nitrogen and oxygen atoms in total. The second kappa shape index (κ2) is 7.26. The number of aryl methyl sites for hydroxylation is 1. The summed E-state index contributed by atoms with van der Waals surface area (Å²) in [6.45, 7) is 2.22. The number of carbonyl (C=O) groups is 1. The molecule has 1 N–H and O–H groups in total. The third-order valence-electron chi connectivity index (χ3n) is 5.61. The van der Waals surface area contributed by atoms with Crippen LogP contribution < -0.4 is 10.2 Å². The van der Waals surface area contributed by atoms with Crippen LogP contribution in [0.25, 0.3) is 0 Å². The molecule has 1 saturated carbocycles. The van der Waals surface area contributed by atoms with Crippen molar-refractivity contribution in [2.45, 2.75) is 18.3 Å². The second-order valence-corrected chi connectivity index (χ2v) is 7.53. The number of amides is 1. The number of carbonyl (C=O) groups excluding carboxylic acids is 1. The topological polar surface area (TPSA) is 65.8 Å². The molecule has 0 bridgehead atoms. The maximum absolute atomic E-state index is 13.6. The first-order chi connectivity index (χ1) is 13.5. The summed E-state index contributed by atoms with van der Waals surface area (Å²) in [5, 5.41) is 7.55. The summed E-state index contributed by atoms with van der Waals surface area (Å²) in [5.41, 5.74) is 1.80. The number of piperazine rings is 1. The smallest absolute Gasteiger partial charge is 0.246 e. The van der Waals surface area contributed by atoms with Crippen molar-refractivity contribution in [2.75, 3.05) is 38.1 Å². The predicted molar refractivity (Wildman–Crippen MR) is 106 cm³/mol. The van der Waals surface area contributed by atoms with E-state index in [4.69, 9.17) is 0 Å². The SMILES string of the molecule is CN=C(NCC1(c2cccc(F)c2)CC1)N1CCN(c2cnn(C)c2)C(=O)C1. The molecule has 1 aliphatic heterocycles. The van der Waals surface area contributed by atoms with Gasteiger partial charge in [-0.2, -0.15) is 5.10 Å². The Hall–Kier alpha value is -2.90. The molecule has 1 saturated heterocycles. The summed E-state index contributed by atoms with van der Waals surface area (Å²) in [4.78, 5) is 20.7. The van der Waals surface area contributed by atoms with E-state index in [0.717, 1.165) is 24.1 Å². The molecule has 2 fully saturated rings. The quantitative estimate of drug-likeness (QED) is 0.641. The Morgan fingerprint density at radius 2 is 2.18 bits per heavy atom. The Bertz CT molecular complexity index is 904. The molecule has 0 radical (unpaired) electrons. The molecule has 148 valence electrons. The summed E-state index contributed by atoms with van der Waals surface area (Å²) in [6, 6.07) is 6.83. The van der Waals surface area contributed by atoms with Gasteiger partial charge in [0.15, 0.2) is 5.96 Å². The van der Waals surface area contributed by atoms with E-state index >= 15 is 0 Å². The van der Waals surface area contributed by atoms with E-state index in [2.05, 4.69) is 15.4 Å². The van der Waals surface area contributed by atoms with E-state index in [1.807, 2.05) is 24.2 Å². The van der Waals surface area contributed by atoms with Gasteiger partial charge >= 0.3 is 0 Å². The van der Waals surface area contributed by atoms with Crippen LogP contribution in [0.3, 0.4) is 0 Å². The predicted octanol–water partition coefficient (Wildman–Crippen LogP) is 1.51. The van der Waals surface area contributed by atoms with Crippen molar-refractivity contribution in [3.63, 3.8) is 0 Å². The van der Waals surface area contributed by atoms with Crippen molar-refractivity contribution in [3.8, 4) is 0 Å². The van der Waals surface area contributed by atoms with E-state index in [9.17, 15) is 9.18 Å². The van der Waals surface area contributed by atoms with Crippen molar-refractivity contribution < 1.29 is 9.18 Å². The van der Waals surface area contributed by atoms with Gasteiger partial charge in [-0.1, -0.05) is 12.1 Å². The summed E-state index contributed by atoms with van der Waals surface area (Å²) in [6.07, 6.45) is 5.59. The maximum Gasteiger partial charge on any atom is 0.246 e. The van der Waals surface area contributed by atoms with Gasteiger partial charge in [-0.25, -0.2) is 4.39 Å². The lowest BCUT2D eigenvalue weighted by molar-refractivity contribution is -0.120. The van der Waals surface area contributed by atoms with Crippen molar-refractivity contribution in [1.82, 2.24) is 20.0 Å². The van der Waals surface area contributed by atoms with Gasteiger partial charge in [0.25, 0.3) is 0 Å². The molecule has 1 aliphatic carbocycles. The fraction of sp³-hybridized carbons (Fsp3) is 0.450. The zero-order valence-electron chi connectivity index (χ0n) is 16.2. The standard InChI is InChI=1S/C20H25FN6O/c1-22-19(23-14-20(6-7-20)15-4-3-5-16(21)10-15)26-8-9-27(18(28)13-26)17-11-24-25(2)12-17/h3-5,10-12H,6-9,13-14H2,1-2H3,(H,22,23). The first-order valence-corrected chi connectivity index (χ1v) is 9.51. The van der Waals surface area contributed by atoms with Crippen LogP contribution in [0.4, 0.5) is 10.1 Å². The lowest BCUT2D eigenvalue weighted by atomic mass is 9.96. The third kappa shape index (κ3) is 3.58. The zero-order chi connectivity index (χ0) is 19.7. The highest BCUT2D eigenvalue weighted by Gasteiger charge is 2.44. The fourth-order valence-electron chi connectivity index (χ4n) is 3.79. The average Bonchev–Trinajstić information content (AvgIpc) is 3.36. The van der Waals surface area contributed by atoms with E-state index in [1.165, 1.54) is 6.07 Å². The van der Waals surface area contributed by atoms with E-state index in [-0.39, 0.29) is 23.7 Å². The number of halogens is 1. The van der Waals surface area contributed by atoms with Gasteiger partial charge in [0.2, 0.25) is 5.91 Å². The first-order valence-electron chi connectivity index (χ1n) is 9.51. The molecule has 2 aliphatic rings. The molecular formula is C20H25FN6O. The number of nitrogens with one attached hydrogen (secondary N) is 1. The van der Waals surface area contributed by atoms with Crippen LogP contribution in [-0.4, -0.2) is 59.8 Å². The minimum absolute atomic E-state index is 0.0217. The van der Waals surface area contributed by atoms with Gasteiger partial charge in [0.1, 0.15) is 12.4 Å². The van der Waals surface area contributed by atoms with Crippen LogP contribution in [0.15, 0.2) is 41.7 Å². The molecule has 2 heterocycles. The Balaban J connectivity index is 1.38. The summed E-state index contributed by atoms with van der Waals surface area (Å²) >= 11 is 0. The number of hydrogen-bond donors (Lipinski definition) is 1. The molecule has 1 amide bonds. The highest BCUT2D eigenvalue weighted by atomic mass is 19.1. The fourth-order valence-corrected chi connectivity index (χ4v) is 3.79. The average molecular weight is 384 g/mol. The highest BCUT2D eigenvalue weighted by molar-refractivity contribution is 5.98. The highest BCUT2D eigenvalue weighted by Crippen LogP contribution is 2.47. The summed E-state index contributed by atoms with van der Waals surface area (Å²) < 4.78 is 15.3. The number of benzene rings is 1. The number of rotatable bonds is 4. The monoisotopic (exact) mass is 384 g/mol. The lowest BCUT2D eigenvalue weighted by Crippen LogP contribution is -2.56. The number of hydrogen-bond acceptors (Lipinski definition) is 3. The van der Waals surface area contributed by atoms with Crippen LogP contribution in [0.5, 0.6) is 0 Å². The Morgan fingerprint density at radius 1 is 1.36 bits per heavy atom. The van der Waals surface area contributed by atoms with E-state index in [1.54, 1.807) is 35.0 Å². The molecule has 2 aromatic rings. The van der Waals surface area contributed by atoms with Crippen LogP contribution in [0.1, 0.15) is 18.4 Å². The molecular weight excluding hydrogens is 359 g/mol. The third-order valence-corrected chi connectivity index (χ3v) is 5.61. The Kier molecular flexibility index (Phi) is 4.78. The van der Waals surface area contributed by atoms with Gasteiger partial charge in [-0.05, 0) is 30.5 Å². The first kappa shape index (κ1) is 18.5. The Labute approximate surface area is 163 Å². The van der Waals surface area contributed by atoms with Crippen LogP contribution in [-0.2, 0) is 17.3 Å². The van der Waals surface area contributed by atoms with Gasteiger partial charge in [-0.3, -0.25) is 14.5 Å². The number of anilines is 1. The van der Waals surface area contributed by atoms with E-state index < -0.39 is 0 Å². The Morgan fingerprint density at radius 3 is 2.79 bits per heavy atom. The number of nitrogens with zero attached hydrogens (tertiary/aromatic N) is 5. The second-order valence-electron chi connectivity index (χ2n) is 7.53. The number of aromatic nitrogens is 2. The molecule has 1 aromatic carbocycles. The van der Waals surface area contributed by atoms with E-state index in [0.29, 0.717) is 25.6 Å². The van der Waals surface area contributed by atoms with Crippen LogP contribution >= 0.6 is 0 Å². The molecule has 0 spiro atoms. The number of guanidine groups is 1. The summed E-state index contributed by atoms with van der Waals surface area (Å²) in [7, 11) is 3.56. The van der Waals surface area contributed by atoms with Gasteiger partial charge < -0.3 is 15.1 Å². The van der Waals surface area contributed by atoms with Crippen LogP contribution in [0, 0.1) is 5.82 Å². The number of aliphatic imine (C=N–C) groups is 1. The van der Waals surface area contributed by atoms with Gasteiger partial charge in [-0.15, -0.1) is 0 Å². The molecule has 8 heteroatoms. The van der Waals surface area contributed by atoms with Crippen molar-refractivity contribution >= 4 is 17.6 Å². The molecule has 1 aromatic heterocycles. The minimum atomic E-state index is -0.203. The molecule has 0 unspecified atom stereocenters. The normalized spacial score (nSPS) is 19.1. The molecule has 28 heavy (non-hydrogen) atoms. The minimum Gasteiger partial charge on any atom is -0.355 e.